The lowest BCUT2D eigenvalue weighted by atomic mass is 10.1. The monoisotopic (exact) mass is 274 g/mol. The van der Waals surface area contributed by atoms with Crippen LogP contribution >= 0.6 is 11.6 Å². The van der Waals surface area contributed by atoms with Crippen LogP contribution < -0.4 is 0 Å². The maximum atomic E-state index is 9.84. The lowest BCUT2D eigenvalue weighted by Crippen LogP contribution is -2.35. The third kappa shape index (κ3) is 2.28. The van der Waals surface area contributed by atoms with Gasteiger partial charge in [-0.15, -0.1) is 10.2 Å². The molecule has 0 bridgehead atoms. The first kappa shape index (κ1) is 13.1. The van der Waals surface area contributed by atoms with Gasteiger partial charge in [-0.1, -0.05) is 11.6 Å². The zero-order chi connectivity index (χ0) is 13.3. The molecule has 0 unspecified atom stereocenters. The van der Waals surface area contributed by atoms with Crippen molar-refractivity contribution in [3.05, 3.63) is 23.1 Å². The SMILES string of the molecule is OC[C@@H](O)[C@@H](O)[C@H](O)c1nnc2ccc(Cl)nn12. The summed E-state index contributed by atoms with van der Waals surface area (Å²) in [7, 11) is 0. The van der Waals surface area contributed by atoms with Gasteiger partial charge in [0.05, 0.1) is 6.61 Å². The van der Waals surface area contributed by atoms with Gasteiger partial charge in [-0.25, -0.2) is 0 Å². The molecule has 0 amide bonds. The first-order valence-corrected chi connectivity index (χ1v) is 5.45. The number of halogens is 1. The summed E-state index contributed by atoms with van der Waals surface area (Å²) in [6, 6.07) is 3.04. The van der Waals surface area contributed by atoms with Crippen molar-refractivity contribution < 1.29 is 20.4 Å². The van der Waals surface area contributed by atoms with E-state index in [1.807, 2.05) is 0 Å². The fourth-order valence-corrected chi connectivity index (χ4v) is 1.58. The molecule has 18 heavy (non-hydrogen) atoms. The molecule has 3 atom stereocenters. The van der Waals surface area contributed by atoms with Crippen LogP contribution in [-0.4, -0.2) is 59.1 Å². The average Bonchev–Trinajstić information content (AvgIpc) is 2.78. The fourth-order valence-electron chi connectivity index (χ4n) is 1.44. The second kappa shape index (κ2) is 5.12. The van der Waals surface area contributed by atoms with Crippen molar-refractivity contribution in [3.63, 3.8) is 0 Å². The van der Waals surface area contributed by atoms with Gasteiger partial charge in [-0.3, -0.25) is 0 Å². The Morgan fingerprint density at radius 3 is 2.61 bits per heavy atom. The highest BCUT2D eigenvalue weighted by molar-refractivity contribution is 6.29. The highest BCUT2D eigenvalue weighted by Gasteiger charge is 2.29. The van der Waals surface area contributed by atoms with Gasteiger partial charge in [0.1, 0.15) is 23.5 Å². The molecule has 8 nitrogen and oxygen atoms in total. The van der Waals surface area contributed by atoms with E-state index in [0.717, 1.165) is 4.52 Å². The molecular weight excluding hydrogens is 264 g/mol. The van der Waals surface area contributed by atoms with Gasteiger partial charge in [-0.2, -0.15) is 9.61 Å². The predicted molar refractivity (Wildman–Crippen MR) is 59.9 cm³/mol. The Morgan fingerprint density at radius 1 is 1.22 bits per heavy atom. The lowest BCUT2D eigenvalue weighted by Gasteiger charge is -2.19. The first-order valence-electron chi connectivity index (χ1n) is 5.07. The summed E-state index contributed by atoms with van der Waals surface area (Å²) in [5.41, 5.74) is 0.333. The molecule has 0 fully saturated rings. The topological polar surface area (TPSA) is 124 Å². The summed E-state index contributed by atoms with van der Waals surface area (Å²) in [4.78, 5) is 0. The normalized spacial score (nSPS) is 16.7. The van der Waals surface area contributed by atoms with Gasteiger partial charge in [0.15, 0.2) is 11.5 Å². The van der Waals surface area contributed by atoms with Crippen LogP contribution in [0.1, 0.15) is 11.9 Å². The Bertz CT molecular complexity index is 548. The molecule has 4 N–H and O–H groups in total. The molecule has 9 heteroatoms. The third-order valence-corrected chi connectivity index (χ3v) is 2.63. The van der Waals surface area contributed by atoms with Crippen LogP contribution in [-0.2, 0) is 0 Å². The molecule has 2 aromatic rings. The molecule has 2 heterocycles. The summed E-state index contributed by atoms with van der Waals surface area (Å²) in [5.74, 6) is -0.0764. The van der Waals surface area contributed by atoms with Crippen molar-refractivity contribution in [2.45, 2.75) is 18.3 Å². The molecule has 0 aromatic carbocycles. The molecular formula is C9H11ClN4O4. The number of fused-ring (bicyclic) bond motifs is 1. The van der Waals surface area contributed by atoms with E-state index in [4.69, 9.17) is 16.7 Å². The maximum absolute atomic E-state index is 9.84. The van der Waals surface area contributed by atoms with E-state index in [2.05, 4.69) is 15.3 Å². The molecule has 0 saturated heterocycles. The molecule has 0 saturated carbocycles. The maximum Gasteiger partial charge on any atom is 0.186 e. The summed E-state index contributed by atoms with van der Waals surface area (Å²) < 4.78 is 1.15. The van der Waals surface area contributed by atoms with Crippen molar-refractivity contribution in [2.24, 2.45) is 0 Å². The molecule has 98 valence electrons. The minimum atomic E-state index is -1.61. The number of hydrogen-bond donors (Lipinski definition) is 4. The lowest BCUT2D eigenvalue weighted by molar-refractivity contribution is -0.0808. The van der Waals surface area contributed by atoms with Crippen LogP contribution in [0.25, 0.3) is 5.65 Å². The Hall–Kier alpha value is -1.32. The number of aliphatic hydroxyl groups is 4. The summed E-state index contributed by atoms with van der Waals surface area (Å²) >= 11 is 5.70. The molecule has 0 spiro atoms. The fraction of sp³-hybridized carbons (Fsp3) is 0.444. The molecule has 0 aliphatic carbocycles. The third-order valence-electron chi connectivity index (χ3n) is 2.42. The van der Waals surface area contributed by atoms with Crippen LogP contribution in [0.3, 0.4) is 0 Å². The Morgan fingerprint density at radius 2 is 1.94 bits per heavy atom. The standard InChI is InChI=1S/C9H11ClN4O4/c10-5-1-2-6-11-12-9(14(6)13-5)8(18)7(17)4(16)3-15/h1-2,4,7-8,15-18H,3H2/t4-,7-,8+/m1/s1. The molecule has 0 aliphatic heterocycles. The van der Waals surface area contributed by atoms with Crippen LogP contribution in [0.4, 0.5) is 0 Å². The van der Waals surface area contributed by atoms with E-state index in [-0.39, 0.29) is 11.0 Å². The van der Waals surface area contributed by atoms with Gasteiger partial charge in [0, 0.05) is 0 Å². The van der Waals surface area contributed by atoms with E-state index in [1.165, 1.54) is 12.1 Å². The Kier molecular flexibility index (Phi) is 3.73. The Labute approximate surface area is 106 Å². The van der Waals surface area contributed by atoms with Gasteiger partial charge in [0.25, 0.3) is 0 Å². The predicted octanol–water partition coefficient (Wildman–Crippen LogP) is -1.47. The van der Waals surface area contributed by atoms with E-state index in [9.17, 15) is 15.3 Å². The quantitative estimate of drug-likeness (QED) is 0.536. The number of nitrogens with zero attached hydrogens (tertiary/aromatic N) is 4. The van der Waals surface area contributed by atoms with Gasteiger partial charge < -0.3 is 20.4 Å². The number of rotatable bonds is 4. The number of hydrogen-bond acceptors (Lipinski definition) is 7. The minimum absolute atomic E-state index is 0.0764. The van der Waals surface area contributed by atoms with E-state index < -0.39 is 24.9 Å². The van der Waals surface area contributed by atoms with Gasteiger partial charge in [-0.05, 0) is 12.1 Å². The van der Waals surface area contributed by atoms with Gasteiger partial charge >= 0.3 is 0 Å². The summed E-state index contributed by atoms with van der Waals surface area (Å²) in [6.45, 7) is -0.691. The largest absolute Gasteiger partial charge is 0.394 e. The highest BCUT2D eigenvalue weighted by Crippen LogP contribution is 2.18. The zero-order valence-corrected chi connectivity index (χ0v) is 9.81. The van der Waals surface area contributed by atoms with Crippen LogP contribution in [0.2, 0.25) is 5.15 Å². The van der Waals surface area contributed by atoms with Crippen molar-refractivity contribution in [1.82, 2.24) is 19.8 Å². The van der Waals surface area contributed by atoms with Crippen molar-refractivity contribution in [2.75, 3.05) is 6.61 Å². The molecule has 0 radical (unpaired) electrons. The summed E-state index contributed by atoms with van der Waals surface area (Å²) in [6.07, 6.45) is -4.65. The van der Waals surface area contributed by atoms with Crippen molar-refractivity contribution in [1.29, 1.82) is 0 Å². The first-order chi connectivity index (χ1) is 8.54. The van der Waals surface area contributed by atoms with E-state index in [1.54, 1.807) is 0 Å². The Balaban J connectivity index is 2.38. The summed E-state index contributed by atoms with van der Waals surface area (Å²) in [5, 5.41) is 48.8. The van der Waals surface area contributed by atoms with Crippen LogP contribution in [0, 0.1) is 0 Å². The van der Waals surface area contributed by atoms with Gasteiger partial charge in [0.2, 0.25) is 0 Å². The minimum Gasteiger partial charge on any atom is -0.394 e. The highest BCUT2D eigenvalue weighted by atomic mass is 35.5. The molecule has 0 aliphatic rings. The number of aliphatic hydroxyl groups excluding tert-OH is 4. The average molecular weight is 275 g/mol. The second-order valence-electron chi connectivity index (χ2n) is 3.67. The molecule has 2 aromatic heterocycles. The van der Waals surface area contributed by atoms with Crippen molar-refractivity contribution >= 4 is 17.2 Å². The van der Waals surface area contributed by atoms with Crippen LogP contribution in [0.15, 0.2) is 12.1 Å². The van der Waals surface area contributed by atoms with E-state index in [0.29, 0.717) is 5.65 Å². The van der Waals surface area contributed by atoms with E-state index >= 15 is 0 Å². The zero-order valence-electron chi connectivity index (χ0n) is 9.05. The second-order valence-corrected chi connectivity index (χ2v) is 4.06. The molecule has 2 rings (SSSR count). The number of aromatic nitrogens is 4. The smallest absolute Gasteiger partial charge is 0.186 e. The van der Waals surface area contributed by atoms with Crippen LogP contribution in [0.5, 0.6) is 0 Å². The van der Waals surface area contributed by atoms with Crippen molar-refractivity contribution in [3.8, 4) is 0 Å².